The molecule has 1 saturated heterocycles. The molecule has 0 radical (unpaired) electrons. The smallest absolute Gasteiger partial charge is 0.291 e. The van der Waals surface area contributed by atoms with Gasteiger partial charge in [-0.3, -0.25) is 14.4 Å². The number of nitrogens with zero attached hydrogens (tertiary/aromatic N) is 2. The third-order valence-electron chi connectivity index (χ3n) is 7.37. The van der Waals surface area contributed by atoms with Gasteiger partial charge in [-0.05, 0) is 54.3 Å². The van der Waals surface area contributed by atoms with Crippen LogP contribution < -0.4 is 21.1 Å². The molecular weight excluding hydrogens is 480 g/mol. The fourth-order valence-electron chi connectivity index (χ4n) is 5.62. The van der Waals surface area contributed by atoms with Crippen LogP contribution in [0, 0.1) is 5.92 Å². The van der Waals surface area contributed by atoms with Gasteiger partial charge in [0.1, 0.15) is 0 Å². The number of nitrogens with one attached hydrogen (secondary N) is 2. The van der Waals surface area contributed by atoms with Crippen molar-refractivity contribution < 1.29 is 14.0 Å². The fraction of sp³-hybridized carbons (Fsp3) is 0.233. The van der Waals surface area contributed by atoms with Gasteiger partial charge in [-0.2, -0.15) is 0 Å². The number of fused-ring (bicyclic) bond motifs is 4. The van der Waals surface area contributed by atoms with Gasteiger partial charge in [-0.1, -0.05) is 36.4 Å². The zero-order valence-corrected chi connectivity index (χ0v) is 20.8. The van der Waals surface area contributed by atoms with E-state index in [2.05, 4.69) is 15.5 Å². The lowest BCUT2D eigenvalue weighted by molar-refractivity contribution is 0.0949. The predicted octanol–water partition coefficient (Wildman–Crippen LogP) is 4.25. The average Bonchev–Trinajstić information content (AvgIpc) is 3.48. The van der Waals surface area contributed by atoms with Crippen molar-refractivity contribution in [2.24, 2.45) is 5.92 Å². The minimum absolute atomic E-state index is 0.0444. The number of rotatable bonds is 6. The van der Waals surface area contributed by atoms with Gasteiger partial charge >= 0.3 is 0 Å². The van der Waals surface area contributed by atoms with Crippen LogP contribution >= 0.6 is 0 Å². The summed E-state index contributed by atoms with van der Waals surface area (Å²) in [5.41, 5.74) is 3.94. The molecule has 1 fully saturated rings. The maximum absolute atomic E-state index is 13.0. The first-order valence-electron chi connectivity index (χ1n) is 12.8. The van der Waals surface area contributed by atoms with Crippen LogP contribution in [0.3, 0.4) is 0 Å². The predicted molar refractivity (Wildman–Crippen MR) is 144 cm³/mol. The molecule has 6 rings (SSSR count). The summed E-state index contributed by atoms with van der Waals surface area (Å²) in [6.45, 7) is 2.55. The van der Waals surface area contributed by atoms with E-state index in [0.717, 1.165) is 29.9 Å². The number of benzene rings is 2. The van der Waals surface area contributed by atoms with Crippen molar-refractivity contribution in [3.8, 4) is 0 Å². The number of anilines is 2. The van der Waals surface area contributed by atoms with Crippen molar-refractivity contribution in [2.45, 2.75) is 25.4 Å². The lowest BCUT2D eigenvalue weighted by Crippen LogP contribution is -2.47. The molecule has 2 aliphatic rings. The Bertz CT molecular complexity index is 1530. The zero-order valence-electron chi connectivity index (χ0n) is 20.8. The summed E-state index contributed by atoms with van der Waals surface area (Å²) in [7, 11) is 0. The fourth-order valence-corrected chi connectivity index (χ4v) is 5.62. The van der Waals surface area contributed by atoms with Crippen LogP contribution in [-0.2, 0) is 13.1 Å². The summed E-state index contributed by atoms with van der Waals surface area (Å²) in [6.07, 6.45) is 2.47. The van der Waals surface area contributed by atoms with E-state index in [9.17, 15) is 14.4 Å². The van der Waals surface area contributed by atoms with Crippen LogP contribution in [0.4, 0.5) is 11.4 Å². The number of hydrogen-bond acceptors (Lipinski definition) is 5. The number of hydrogen-bond donors (Lipinski definition) is 2. The number of aromatic nitrogens is 1. The van der Waals surface area contributed by atoms with Crippen LogP contribution in [-0.4, -0.2) is 29.5 Å². The van der Waals surface area contributed by atoms with E-state index in [1.807, 2.05) is 53.1 Å². The molecule has 2 aromatic carbocycles. The second-order valence-corrected chi connectivity index (χ2v) is 9.93. The maximum atomic E-state index is 13.0. The highest BCUT2D eigenvalue weighted by Crippen LogP contribution is 2.39. The van der Waals surface area contributed by atoms with Crippen molar-refractivity contribution in [1.82, 2.24) is 9.88 Å². The van der Waals surface area contributed by atoms with Crippen LogP contribution in [0.15, 0.2) is 94.3 Å². The summed E-state index contributed by atoms with van der Waals surface area (Å²) in [5.74, 6) is 0.103. The van der Waals surface area contributed by atoms with E-state index in [1.165, 1.54) is 6.26 Å². The first-order chi connectivity index (χ1) is 18.5. The molecule has 2 bridgehead atoms. The lowest BCUT2D eigenvalue weighted by atomic mass is 9.83. The summed E-state index contributed by atoms with van der Waals surface area (Å²) in [4.78, 5) is 40.6. The molecule has 0 saturated carbocycles. The van der Waals surface area contributed by atoms with E-state index in [1.54, 1.807) is 30.3 Å². The molecule has 2 amide bonds. The number of piperidine rings is 1. The largest absolute Gasteiger partial charge is 0.459 e. The van der Waals surface area contributed by atoms with Crippen molar-refractivity contribution in [3.63, 3.8) is 0 Å². The maximum Gasteiger partial charge on any atom is 0.291 e. The third-order valence-corrected chi connectivity index (χ3v) is 7.37. The van der Waals surface area contributed by atoms with Crippen LogP contribution in [0.2, 0.25) is 0 Å². The Morgan fingerprint density at radius 3 is 2.58 bits per heavy atom. The Labute approximate surface area is 219 Å². The number of carbonyl (C=O) groups excluding carboxylic acids is 2. The first-order valence-corrected chi connectivity index (χ1v) is 12.8. The third kappa shape index (κ3) is 4.72. The molecule has 192 valence electrons. The molecule has 4 heterocycles. The van der Waals surface area contributed by atoms with Crippen molar-refractivity contribution in [2.75, 3.05) is 23.3 Å². The van der Waals surface area contributed by atoms with Crippen LogP contribution in [0.25, 0.3) is 0 Å². The van der Waals surface area contributed by atoms with E-state index in [-0.39, 0.29) is 29.1 Å². The Morgan fingerprint density at radius 2 is 1.76 bits per heavy atom. The highest BCUT2D eigenvalue weighted by atomic mass is 16.3. The molecule has 0 unspecified atom stereocenters. The highest BCUT2D eigenvalue weighted by Gasteiger charge is 2.35. The Balaban J connectivity index is 1.29. The van der Waals surface area contributed by atoms with Gasteiger partial charge in [-0.25, -0.2) is 0 Å². The summed E-state index contributed by atoms with van der Waals surface area (Å²) in [6, 6.07) is 23.9. The van der Waals surface area contributed by atoms with Gasteiger partial charge in [0.15, 0.2) is 5.76 Å². The highest BCUT2D eigenvalue weighted by molar-refractivity contribution is 6.05. The lowest BCUT2D eigenvalue weighted by Gasteiger charge is -2.44. The second-order valence-electron chi connectivity index (χ2n) is 9.93. The van der Waals surface area contributed by atoms with Crippen molar-refractivity contribution >= 4 is 23.2 Å². The standard InChI is InChI=1S/C30H28N4O4/c35-28-10-4-8-25-23-14-21(18-34(25)28)17-33(19-23)26-12-11-22(29(36)31-16-20-6-2-1-3-7-20)15-24(26)32-30(37)27-9-5-13-38-27/h1-13,15,21,23H,14,16-19H2,(H,31,36)(H,32,37)/t21-,23+/m0/s1. The second kappa shape index (κ2) is 10.0. The van der Waals surface area contributed by atoms with Gasteiger partial charge in [0.25, 0.3) is 17.4 Å². The molecule has 0 aliphatic carbocycles. The Hall–Kier alpha value is -4.59. The molecule has 38 heavy (non-hydrogen) atoms. The minimum atomic E-state index is -0.382. The van der Waals surface area contributed by atoms with E-state index in [0.29, 0.717) is 36.8 Å². The number of amides is 2. The number of carbonyl (C=O) groups is 2. The summed E-state index contributed by atoms with van der Waals surface area (Å²) in [5, 5.41) is 5.92. The normalized spacial score (nSPS) is 17.9. The van der Waals surface area contributed by atoms with Gasteiger partial charge in [-0.15, -0.1) is 0 Å². The molecule has 2 N–H and O–H groups in total. The van der Waals surface area contributed by atoms with E-state index >= 15 is 0 Å². The summed E-state index contributed by atoms with van der Waals surface area (Å²) >= 11 is 0. The number of furan rings is 1. The van der Waals surface area contributed by atoms with Gasteiger partial charge in [0.2, 0.25) is 0 Å². The Kier molecular flexibility index (Phi) is 6.29. The van der Waals surface area contributed by atoms with Crippen molar-refractivity contribution in [3.05, 3.63) is 118 Å². The van der Waals surface area contributed by atoms with Gasteiger partial charge < -0.3 is 24.5 Å². The minimum Gasteiger partial charge on any atom is -0.459 e. The SMILES string of the molecule is O=C(NCc1ccccc1)c1ccc(N2C[C@@H]3C[C@H](C2)c2cccc(=O)n2C3)c(NC(=O)c2ccco2)c1. The van der Waals surface area contributed by atoms with Gasteiger partial charge in [0, 0.05) is 49.4 Å². The molecule has 8 nitrogen and oxygen atoms in total. The molecule has 0 spiro atoms. The molecular formula is C30H28N4O4. The molecule has 4 aromatic rings. The van der Waals surface area contributed by atoms with Gasteiger partial charge in [0.05, 0.1) is 17.6 Å². The van der Waals surface area contributed by atoms with E-state index < -0.39 is 0 Å². The molecule has 2 aromatic heterocycles. The van der Waals surface area contributed by atoms with Crippen LogP contribution in [0.5, 0.6) is 0 Å². The molecule has 8 heteroatoms. The zero-order chi connectivity index (χ0) is 26.1. The Morgan fingerprint density at radius 1 is 0.895 bits per heavy atom. The van der Waals surface area contributed by atoms with Crippen molar-refractivity contribution in [1.29, 1.82) is 0 Å². The van der Waals surface area contributed by atoms with E-state index in [4.69, 9.17) is 4.42 Å². The quantitative estimate of drug-likeness (QED) is 0.406. The van der Waals surface area contributed by atoms with Crippen LogP contribution in [0.1, 0.15) is 44.5 Å². The molecule has 2 aliphatic heterocycles. The first kappa shape index (κ1) is 23.8. The average molecular weight is 509 g/mol. The summed E-state index contributed by atoms with van der Waals surface area (Å²) < 4.78 is 7.19. The molecule has 2 atom stereocenters. The monoisotopic (exact) mass is 508 g/mol. The topological polar surface area (TPSA) is 96.6 Å². The number of pyridine rings is 1.